The zero-order valence-electron chi connectivity index (χ0n) is 11.1. The number of nitrogens with zero attached hydrogens (tertiary/aromatic N) is 3. The Morgan fingerprint density at radius 1 is 1.53 bits per heavy atom. The van der Waals surface area contributed by atoms with Gasteiger partial charge in [0.25, 0.3) is 5.91 Å². The normalized spacial score (nSPS) is 13.6. The number of carbonyl (C=O) groups is 1. The lowest BCUT2D eigenvalue weighted by Gasteiger charge is -2.14. The summed E-state index contributed by atoms with van der Waals surface area (Å²) in [6, 6.07) is 1.83. The van der Waals surface area contributed by atoms with Gasteiger partial charge in [0.05, 0.1) is 6.54 Å². The maximum Gasteiger partial charge on any atom is 0.274 e. The number of aromatic amines is 1. The monoisotopic (exact) mass is 260 g/mol. The second kappa shape index (κ2) is 4.53. The van der Waals surface area contributed by atoms with Crippen LogP contribution >= 0.6 is 0 Å². The predicted octanol–water partition coefficient (Wildman–Crippen LogP) is 1.47. The molecule has 0 unspecified atom stereocenters. The van der Waals surface area contributed by atoms with Gasteiger partial charge in [0, 0.05) is 24.4 Å². The standard InChI is InChI=1S/C13H16N4O2/c1-8-6-9(16-19-8)7-17(2)13(18)12-10-4-3-5-11(10)14-15-12/h6H,3-5,7H2,1-2H3,(H,14,15). The van der Waals surface area contributed by atoms with Gasteiger partial charge in [-0.05, 0) is 26.2 Å². The second-order valence-electron chi connectivity index (χ2n) is 4.97. The minimum Gasteiger partial charge on any atom is -0.361 e. The average molecular weight is 260 g/mol. The van der Waals surface area contributed by atoms with E-state index in [4.69, 9.17) is 4.52 Å². The van der Waals surface area contributed by atoms with Crippen LogP contribution in [-0.4, -0.2) is 33.2 Å². The molecule has 0 fully saturated rings. The van der Waals surface area contributed by atoms with Crippen LogP contribution in [0.15, 0.2) is 10.6 Å². The molecule has 0 radical (unpaired) electrons. The molecule has 100 valence electrons. The van der Waals surface area contributed by atoms with Crippen molar-refractivity contribution in [2.24, 2.45) is 0 Å². The highest BCUT2D eigenvalue weighted by atomic mass is 16.5. The van der Waals surface area contributed by atoms with E-state index in [2.05, 4.69) is 15.4 Å². The summed E-state index contributed by atoms with van der Waals surface area (Å²) in [6.45, 7) is 2.26. The first-order valence-corrected chi connectivity index (χ1v) is 6.39. The number of fused-ring (bicyclic) bond motifs is 1. The molecule has 6 nitrogen and oxygen atoms in total. The number of hydrogen-bond donors (Lipinski definition) is 1. The SMILES string of the molecule is Cc1cc(CN(C)C(=O)c2n[nH]c3c2CCC3)no1. The van der Waals surface area contributed by atoms with Crippen molar-refractivity contribution in [2.45, 2.75) is 32.7 Å². The van der Waals surface area contributed by atoms with Crippen molar-refractivity contribution in [3.63, 3.8) is 0 Å². The molecule has 1 aliphatic carbocycles. The number of nitrogens with one attached hydrogen (secondary N) is 1. The Kier molecular flexibility index (Phi) is 2.85. The first kappa shape index (κ1) is 12.0. The van der Waals surface area contributed by atoms with Crippen LogP contribution in [-0.2, 0) is 19.4 Å². The minimum atomic E-state index is -0.0694. The van der Waals surface area contributed by atoms with Crippen LogP contribution in [0.2, 0.25) is 0 Å². The lowest BCUT2D eigenvalue weighted by Crippen LogP contribution is -2.27. The van der Waals surface area contributed by atoms with Crippen LogP contribution in [0.25, 0.3) is 0 Å². The topological polar surface area (TPSA) is 75.0 Å². The lowest BCUT2D eigenvalue weighted by molar-refractivity contribution is 0.0775. The third-order valence-electron chi connectivity index (χ3n) is 3.43. The molecule has 2 aromatic heterocycles. The Hall–Kier alpha value is -2.11. The maximum absolute atomic E-state index is 12.4. The largest absolute Gasteiger partial charge is 0.361 e. The molecule has 1 aliphatic rings. The number of aromatic nitrogens is 3. The van der Waals surface area contributed by atoms with E-state index in [1.165, 1.54) is 0 Å². The Balaban J connectivity index is 1.76. The van der Waals surface area contributed by atoms with Crippen molar-refractivity contribution in [3.8, 4) is 0 Å². The van der Waals surface area contributed by atoms with Crippen molar-refractivity contribution in [1.82, 2.24) is 20.3 Å². The van der Waals surface area contributed by atoms with Crippen LogP contribution in [0.4, 0.5) is 0 Å². The first-order chi connectivity index (χ1) is 9.15. The molecule has 0 saturated heterocycles. The van der Waals surface area contributed by atoms with Crippen LogP contribution in [0.3, 0.4) is 0 Å². The van der Waals surface area contributed by atoms with Crippen molar-refractivity contribution in [2.75, 3.05) is 7.05 Å². The number of aryl methyl sites for hydroxylation is 2. The van der Waals surface area contributed by atoms with E-state index in [1.54, 1.807) is 11.9 Å². The molecule has 19 heavy (non-hydrogen) atoms. The van der Waals surface area contributed by atoms with Gasteiger partial charge in [-0.2, -0.15) is 5.10 Å². The predicted molar refractivity (Wildman–Crippen MR) is 67.7 cm³/mol. The molecule has 0 spiro atoms. The van der Waals surface area contributed by atoms with E-state index in [0.717, 1.165) is 42.0 Å². The fraction of sp³-hybridized carbons (Fsp3) is 0.462. The number of H-pyrrole nitrogens is 1. The highest BCUT2D eigenvalue weighted by Crippen LogP contribution is 2.23. The number of hydrogen-bond acceptors (Lipinski definition) is 4. The van der Waals surface area contributed by atoms with Crippen molar-refractivity contribution < 1.29 is 9.32 Å². The molecule has 1 amide bonds. The fourth-order valence-electron chi connectivity index (χ4n) is 2.48. The van der Waals surface area contributed by atoms with Crippen LogP contribution in [0, 0.1) is 6.92 Å². The molecule has 0 atom stereocenters. The zero-order chi connectivity index (χ0) is 13.4. The molecule has 0 aliphatic heterocycles. The van der Waals surface area contributed by atoms with Crippen molar-refractivity contribution >= 4 is 5.91 Å². The zero-order valence-corrected chi connectivity index (χ0v) is 11.1. The molecule has 1 N–H and O–H groups in total. The Morgan fingerprint density at radius 2 is 2.37 bits per heavy atom. The lowest BCUT2D eigenvalue weighted by atomic mass is 10.2. The molecule has 3 rings (SSSR count). The second-order valence-corrected chi connectivity index (χ2v) is 4.97. The number of carbonyl (C=O) groups excluding carboxylic acids is 1. The third-order valence-corrected chi connectivity index (χ3v) is 3.43. The van der Waals surface area contributed by atoms with Crippen LogP contribution in [0.1, 0.15) is 39.6 Å². The average Bonchev–Trinajstić information content (AvgIpc) is 3.04. The summed E-state index contributed by atoms with van der Waals surface area (Å²) in [4.78, 5) is 14.0. The van der Waals surface area contributed by atoms with Gasteiger partial charge in [-0.3, -0.25) is 9.89 Å². The van der Waals surface area contributed by atoms with E-state index in [0.29, 0.717) is 12.2 Å². The molecule has 0 aromatic carbocycles. The first-order valence-electron chi connectivity index (χ1n) is 6.39. The Labute approximate surface area is 110 Å². The highest BCUT2D eigenvalue weighted by Gasteiger charge is 2.25. The fourth-order valence-corrected chi connectivity index (χ4v) is 2.48. The van der Waals surface area contributed by atoms with E-state index < -0.39 is 0 Å². The summed E-state index contributed by atoms with van der Waals surface area (Å²) in [7, 11) is 1.75. The van der Waals surface area contributed by atoms with Gasteiger partial charge in [0.15, 0.2) is 5.69 Å². The molecular weight excluding hydrogens is 244 g/mol. The van der Waals surface area contributed by atoms with Gasteiger partial charge < -0.3 is 9.42 Å². The van der Waals surface area contributed by atoms with Crippen molar-refractivity contribution in [3.05, 3.63) is 34.5 Å². The summed E-state index contributed by atoms with van der Waals surface area (Å²) in [5.74, 6) is 0.677. The number of amides is 1. The van der Waals surface area contributed by atoms with Gasteiger partial charge in [0.2, 0.25) is 0 Å². The Morgan fingerprint density at radius 3 is 3.11 bits per heavy atom. The van der Waals surface area contributed by atoms with E-state index in [-0.39, 0.29) is 5.91 Å². The smallest absolute Gasteiger partial charge is 0.274 e. The molecular formula is C13H16N4O2. The highest BCUT2D eigenvalue weighted by molar-refractivity contribution is 5.93. The van der Waals surface area contributed by atoms with Gasteiger partial charge in [0.1, 0.15) is 11.5 Å². The maximum atomic E-state index is 12.4. The summed E-state index contributed by atoms with van der Waals surface area (Å²) < 4.78 is 5.00. The van der Waals surface area contributed by atoms with Gasteiger partial charge in [-0.15, -0.1) is 0 Å². The van der Waals surface area contributed by atoms with Gasteiger partial charge in [-0.25, -0.2) is 0 Å². The molecule has 2 aromatic rings. The summed E-state index contributed by atoms with van der Waals surface area (Å²) >= 11 is 0. The summed E-state index contributed by atoms with van der Waals surface area (Å²) in [5, 5.41) is 11.0. The van der Waals surface area contributed by atoms with Crippen LogP contribution < -0.4 is 0 Å². The molecule has 6 heteroatoms. The Bertz CT molecular complexity index is 614. The summed E-state index contributed by atoms with van der Waals surface area (Å²) in [6.07, 6.45) is 3.02. The number of rotatable bonds is 3. The minimum absolute atomic E-state index is 0.0694. The van der Waals surface area contributed by atoms with Crippen molar-refractivity contribution in [1.29, 1.82) is 0 Å². The molecule has 0 saturated carbocycles. The van der Waals surface area contributed by atoms with Gasteiger partial charge in [-0.1, -0.05) is 5.16 Å². The van der Waals surface area contributed by atoms with Gasteiger partial charge >= 0.3 is 0 Å². The van der Waals surface area contributed by atoms with E-state index in [1.807, 2.05) is 13.0 Å². The third kappa shape index (κ3) is 2.14. The van der Waals surface area contributed by atoms with E-state index in [9.17, 15) is 4.79 Å². The summed E-state index contributed by atoms with van der Waals surface area (Å²) in [5.41, 5.74) is 3.48. The van der Waals surface area contributed by atoms with Crippen LogP contribution in [0.5, 0.6) is 0 Å². The quantitative estimate of drug-likeness (QED) is 0.906. The van der Waals surface area contributed by atoms with E-state index >= 15 is 0 Å². The molecule has 2 heterocycles. The molecule has 0 bridgehead atoms.